The van der Waals surface area contributed by atoms with Crippen LogP contribution in [-0.2, 0) is 0 Å². The summed E-state index contributed by atoms with van der Waals surface area (Å²) in [4.78, 5) is 0. The Morgan fingerprint density at radius 3 is 2.43 bits per heavy atom. The predicted octanol–water partition coefficient (Wildman–Crippen LogP) is 3.50. The summed E-state index contributed by atoms with van der Waals surface area (Å²) in [6.07, 6.45) is 0. The molecule has 0 bridgehead atoms. The summed E-state index contributed by atoms with van der Waals surface area (Å²) in [6.45, 7) is 0. The van der Waals surface area contributed by atoms with Gasteiger partial charge in [0.15, 0.2) is 11.5 Å². The number of methoxy groups -OCH3 is 2. The molecular weight excluding hydrogens is 266 g/mol. The molecular formula is C17H17NO3. The fraction of sp³-hybridized carbons (Fsp3) is 0.176. The smallest absolute Gasteiger partial charge is 0.161 e. The number of hydrogen-bond donors (Lipinski definition) is 1. The largest absolute Gasteiger partial charge is 0.493 e. The van der Waals surface area contributed by atoms with Crippen LogP contribution in [0.5, 0.6) is 11.5 Å². The molecule has 1 heterocycles. The summed E-state index contributed by atoms with van der Waals surface area (Å²) in [5.41, 5.74) is 8.05. The Kier molecular flexibility index (Phi) is 3.54. The number of benzene rings is 2. The number of rotatable bonds is 4. The first-order valence-corrected chi connectivity index (χ1v) is 6.69. The van der Waals surface area contributed by atoms with Crippen molar-refractivity contribution in [3.05, 3.63) is 59.9 Å². The van der Waals surface area contributed by atoms with E-state index in [1.54, 1.807) is 14.2 Å². The molecule has 0 amide bonds. The van der Waals surface area contributed by atoms with Crippen molar-refractivity contribution in [2.24, 2.45) is 5.73 Å². The van der Waals surface area contributed by atoms with Crippen LogP contribution in [0.3, 0.4) is 0 Å². The lowest BCUT2D eigenvalue weighted by Crippen LogP contribution is -2.11. The van der Waals surface area contributed by atoms with Gasteiger partial charge in [0, 0.05) is 5.39 Å². The minimum Gasteiger partial charge on any atom is -0.493 e. The van der Waals surface area contributed by atoms with Crippen molar-refractivity contribution in [3.8, 4) is 11.5 Å². The van der Waals surface area contributed by atoms with Crippen molar-refractivity contribution >= 4 is 11.0 Å². The van der Waals surface area contributed by atoms with Gasteiger partial charge in [-0.2, -0.15) is 0 Å². The first kappa shape index (κ1) is 13.5. The molecule has 108 valence electrons. The normalized spacial score (nSPS) is 12.3. The molecule has 3 rings (SSSR count). The Morgan fingerprint density at radius 2 is 1.71 bits per heavy atom. The van der Waals surface area contributed by atoms with Gasteiger partial charge in [-0.15, -0.1) is 0 Å². The van der Waals surface area contributed by atoms with E-state index in [1.807, 2.05) is 48.5 Å². The van der Waals surface area contributed by atoms with Crippen molar-refractivity contribution < 1.29 is 13.9 Å². The van der Waals surface area contributed by atoms with Crippen molar-refractivity contribution in [2.45, 2.75) is 6.04 Å². The molecule has 0 aliphatic heterocycles. The highest BCUT2D eigenvalue weighted by molar-refractivity contribution is 5.78. The Labute approximate surface area is 123 Å². The summed E-state index contributed by atoms with van der Waals surface area (Å²) in [5, 5.41) is 1.04. The maximum atomic E-state index is 6.31. The van der Waals surface area contributed by atoms with Gasteiger partial charge in [0.05, 0.1) is 20.3 Å². The molecule has 1 unspecified atom stereocenters. The van der Waals surface area contributed by atoms with E-state index in [0.29, 0.717) is 11.5 Å². The van der Waals surface area contributed by atoms with Gasteiger partial charge in [-0.3, -0.25) is 0 Å². The third kappa shape index (κ3) is 2.45. The van der Waals surface area contributed by atoms with Crippen molar-refractivity contribution in [2.75, 3.05) is 14.2 Å². The molecule has 21 heavy (non-hydrogen) atoms. The third-order valence-electron chi connectivity index (χ3n) is 3.52. The van der Waals surface area contributed by atoms with Crippen LogP contribution < -0.4 is 15.2 Å². The zero-order valence-corrected chi connectivity index (χ0v) is 12.0. The molecule has 0 radical (unpaired) electrons. The van der Waals surface area contributed by atoms with Crippen molar-refractivity contribution in [1.29, 1.82) is 0 Å². The summed E-state index contributed by atoms with van der Waals surface area (Å²) in [7, 11) is 3.21. The van der Waals surface area contributed by atoms with Gasteiger partial charge in [0.25, 0.3) is 0 Å². The molecule has 1 atom stereocenters. The lowest BCUT2D eigenvalue weighted by atomic mass is 10.0. The third-order valence-corrected chi connectivity index (χ3v) is 3.52. The molecule has 0 aliphatic carbocycles. The molecule has 0 aliphatic rings. The van der Waals surface area contributed by atoms with Crippen LogP contribution in [0.4, 0.5) is 0 Å². The van der Waals surface area contributed by atoms with E-state index in [2.05, 4.69) is 0 Å². The highest BCUT2D eigenvalue weighted by Gasteiger charge is 2.16. The Morgan fingerprint density at radius 1 is 0.952 bits per heavy atom. The second-order valence-corrected chi connectivity index (χ2v) is 4.78. The molecule has 0 saturated carbocycles. The van der Waals surface area contributed by atoms with Crippen LogP contribution in [0.1, 0.15) is 17.4 Å². The average molecular weight is 283 g/mol. The zero-order valence-electron chi connectivity index (χ0n) is 12.0. The average Bonchev–Trinajstić information content (AvgIpc) is 2.97. The molecule has 2 aromatic carbocycles. The Hall–Kier alpha value is -2.46. The minimum atomic E-state index is -0.350. The van der Waals surface area contributed by atoms with Gasteiger partial charge in [0.2, 0.25) is 0 Å². The minimum absolute atomic E-state index is 0.350. The summed E-state index contributed by atoms with van der Waals surface area (Å²) in [6, 6.07) is 15.1. The summed E-state index contributed by atoms with van der Waals surface area (Å²) >= 11 is 0. The fourth-order valence-corrected chi connectivity index (χ4v) is 2.37. The van der Waals surface area contributed by atoms with Crippen LogP contribution >= 0.6 is 0 Å². The van der Waals surface area contributed by atoms with Crippen molar-refractivity contribution in [1.82, 2.24) is 0 Å². The fourth-order valence-electron chi connectivity index (χ4n) is 2.37. The van der Waals surface area contributed by atoms with E-state index in [4.69, 9.17) is 19.6 Å². The molecule has 1 aromatic heterocycles. The zero-order chi connectivity index (χ0) is 14.8. The molecule has 4 nitrogen and oxygen atoms in total. The number of hydrogen-bond acceptors (Lipinski definition) is 4. The van der Waals surface area contributed by atoms with Crippen LogP contribution in [0, 0.1) is 0 Å². The van der Waals surface area contributed by atoms with E-state index < -0.39 is 0 Å². The molecule has 0 saturated heterocycles. The van der Waals surface area contributed by atoms with Gasteiger partial charge in [-0.05, 0) is 29.8 Å². The van der Waals surface area contributed by atoms with E-state index in [9.17, 15) is 0 Å². The first-order chi connectivity index (χ1) is 10.2. The molecule has 4 heteroatoms. The standard InChI is InChI=1S/C17H17NO3/c1-19-14-8-7-12(10-15(14)20-2)17(18)16-9-11-5-3-4-6-13(11)21-16/h3-10,17H,18H2,1-2H3. The van der Waals surface area contributed by atoms with Gasteiger partial charge in [-0.1, -0.05) is 24.3 Å². The molecule has 0 fully saturated rings. The van der Waals surface area contributed by atoms with E-state index in [0.717, 1.165) is 22.3 Å². The number of ether oxygens (including phenoxy) is 2. The van der Waals surface area contributed by atoms with Crippen LogP contribution in [0.25, 0.3) is 11.0 Å². The van der Waals surface area contributed by atoms with Crippen LogP contribution in [-0.4, -0.2) is 14.2 Å². The topological polar surface area (TPSA) is 57.6 Å². The molecule has 0 spiro atoms. The molecule has 2 N–H and O–H groups in total. The maximum Gasteiger partial charge on any atom is 0.161 e. The number of para-hydroxylation sites is 1. The van der Waals surface area contributed by atoms with Crippen LogP contribution in [0.15, 0.2) is 52.9 Å². The van der Waals surface area contributed by atoms with Gasteiger partial charge in [-0.25, -0.2) is 0 Å². The predicted molar refractivity (Wildman–Crippen MR) is 81.8 cm³/mol. The number of fused-ring (bicyclic) bond motifs is 1. The summed E-state index contributed by atoms with van der Waals surface area (Å²) in [5.74, 6) is 2.06. The van der Waals surface area contributed by atoms with Crippen LogP contribution in [0.2, 0.25) is 0 Å². The lowest BCUT2D eigenvalue weighted by molar-refractivity contribution is 0.354. The SMILES string of the molecule is COc1ccc(C(N)c2cc3ccccc3o2)cc1OC. The van der Waals surface area contributed by atoms with E-state index in [1.165, 1.54) is 0 Å². The lowest BCUT2D eigenvalue weighted by Gasteiger charge is -2.13. The molecule has 3 aromatic rings. The Balaban J connectivity index is 1.99. The Bertz CT molecular complexity index is 731. The quantitative estimate of drug-likeness (QED) is 0.796. The van der Waals surface area contributed by atoms with Gasteiger partial charge >= 0.3 is 0 Å². The highest BCUT2D eigenvalue weighted by Crippen LogP contribution is 2.32. The number of furan rings is 1. The summed E-state index contributed by atoms with van der Waals surface area (Å²) < 4.78 is 16.4. The monoisotopic (exact) mass is 283 g/mol. The highest BCUT2D eigenvalue weighted by atomic mass is 16.5. The van der Waals surface area contributed by atoms with Gasteiger partial charge in [0.1, 0.15) is 11.3 Å². The second kappa shape index (κ2) is 5.50. The second-order valence-electron chi connectivity index (χ2n) is 4.78. The first-order valence-electron chi connectivity index (χ1n) is 6.69. The van der Waals surface area contributed by atoms with Gasteiger partial charge < -0.3 is 19.6 Å². The van der Waals surface area contributed by atoms with E-state index >= 15 is 0 Å². The van der Waals surface area contributed by atoms with Crippen molar-refractivity contribution in [3.63, 3.8) is 0 Å². The number of nitrogens with two attached hydrogens (primary N) is 1. The maximum absolute atomic E-state index is 6.31. The van der Waals surface area contributed by atoms with E-state index in [-0.39, 0.29) is 6.04 Å².